The lowest BCUT2D eigenvalue weighted by Gasteiger charge is -2.09. The molecule has 0 unspecified atom stereocenters. The summed E-state index contributed by atoms with van der Waals surface area (Å²) in [7, 11) is 0. The van der Waals surface area contributed by atoms with Crippen LogP contribution in [0.1, 0.15) is 5.82 Å². The van der Waals surface area contributed by atoms with Crippen molar-refractivity contribution in [1.29, 1.82) is 0 Å². The molecule has 0 bridgehead atoms. The average molecular weight is 308 g/mol. The molecule has 2 N–H and O–H groups in total. The number of aliphatic hydroxyl groups is 1. The van der Waals surface area contributed by atoms with Crippen molar-refractivity contribution in [3.8, 4) is 0 Å². The number of rotatable bonds is 5. The van der Waals surface area contributed by atoms with Gasteiger partial charge in [-0.25, -0.2) is 4.98 Å². The first-order valence-electron chi connectivity index (χ1n) is 7.24. The van der Waals surface area contributed by atoms with E-state index in [4.69, 9.17) is 0 Å². The van der Waals surface area contributed by atoms with E-state index in [0.717, 1.165) is 5.69 Å². The van der Waals surface area contributed by atoms with E-state index in [1.165, 1.54) is 10.8 Å². The average Bonchev–Trinajstić information content (AvgIpc) is 2.59. The minimum atomic E-state index is -0.189. The molecule has 0 fully saturated rings. The van der Waals surface area contributed by atoms with Crippen LogP contribution >= 0.6 is 0 Å². The summed E-state index contributed by atoms with van der Waals surface area (Å²) in [6, 6.07) is 16.6. The summed E-state index contributed by atoms with van der Waals surface area (Å²) in [5.41, 5.74) is 4.13. The highest BCUT2D eigenvalue weighted by Crippen LogP contribution is 2.08. The lowest BCUT2D eigenvalue weighted by molar-refractivity contribution is 0.273. The van der Waals surface area contributed by atoms with Crippen LogP contribution in [0, 0.1) is 0 Å². The van der Waals surface area contributed by atoms with E-state index >= 15 is 0 Å². The van der Waals surface area contributed by atoms with Crippen molar-refractivity contribution < 1.29 is 5.11 Å². The van der Waals surface area contributed by atoms with Gasteiger partial charge >= 0.3 is 0 Å². The number of anilines is 1. The molecule has 1 aromatic heterocycles. The molecule has 23 heavy (non-hydrogen) atoms. The first-order valence-corrected chi connectivity index (χ1v) is 7.24. The molecule has 0 spiro atoms. The van der Waals surface area contributed by atoms with Gasteiger partial charge in [0.15, 0.2) is 5.82 Å². The number of hydrogen-bond acceptors (Lipinski definition) is 5. The zero-order chi connectivity index (χ0) is 16.1. The summed E-state index contributed by atoms with van der Waals surface area (Å²) < 4.78 is 1.42. The molecular weight excluding hydrogens is 292 g/mol. The number of nitrogens with zero attached hydrogens (tertiary/aromatic N) is 3. The maximum absolute atomic E-state index is 12.5. The van der Waals surface area contributed by atoms with Crippen LogP contribution in [0.25, 0.3) is 10.9 Å². The Morgan fingerprint density at radius 2 is 1.87 bits per heavy atom. The van der Waals surface area contributed by atoms with E-state index in [0.29, 0.717) is 16.7 Å². The van der Waals surface area contributed by atoms with Crippen molar-refractivity contribution in [3.63, 3.8) is 0 Å². The third-order valence-corrected chi connectivity index (χ3v) is 3.36. The van der Waals surface area contributed by atoms with Gasteiger partial charge in [0.05, 0.1) is 36.0 Å². The van der Waals surface area contributed by atoms with Crippen LogP contribution in [0.2, 0.25) is 0 Å². The molecule has 1 heterocycles. The van der Waals surface area contributed by atoms with E-state index in [-0.39, 0.29) is 18.7 Å². The summed E-state index contributed by atoms with van der Waals surface area (Å²) in [5, 5.41) is 13.8. The smallest absolute Gasteiger partial charge is 0.261 e. The second kappa shape index (κ2) is 6.85. The molecule has 3 aromatic rings. The number of fused-ring (bicyclic) bond motifs is 1. The van der Waals surface area contributed by atoms with Gasteiger partial charge in [-0.1, -0.05) is 30.3 Å². The number of aliphatic hydroxyl groups excluding tert-OH is 1. The normalized spacial score (nSPS) is 11.2. The fourth-order valence-electron chi connectivity index (χ4n) is 2.28. The largest absolute Gasteiger partial charge is 0.395 e. The SMILES string of the molecule is O=c1c2ccccc2nc(/C=N\Nc2ccccc2)n1CCO. The van der Waals surface area contributed by atoms with Crippen molar-refractivity contribution in [1.82, 2.24) is 9.55 Å². The lowest BCUT2D eigenvalue weighted by Crippen LogP contribution is -2.26. The topological polar surface area (TPSA) is 79.5 Å². The van der Waals surface area contributed by atoms with Crippen LogP contribution in [0.4, 0.5) is 5.69 Å². The van der Waals surface area contributed by atoms with Crippen LogP contribution in [-0.4, -0.2) is 27.5 Å². The number of benzene rings is 2. The van der Waals surface area contributed by atoms with Crippen LogP contribution in [0.3, 0.4) is 0 Å². The molecule has 6 heteroatoms. The Kier molecular flexibility index (Phi) is 4.44. The second-order valence-corrected chi connectivity index (χ2v) is 4.90. The van der Waals surface area contributed by atoms with Gasteiger partial charge in [0.1, 0.15) is 0 Å². The molecule has 6 nitrogen and oxygen atoms in total. The molecule has 0 saturated carbocycles. The van der Waals surface area contributed by atoms with Gasteiger partial charge in [-0.3, -0.25) is 14.8 Å². The zero-order valence-corrected chi connectivity index (χ0v) is 12.4. The summed E-state index contributed by atoms with van der Waals surface area (Å²) in [4.78, 5) is 17.0. The molecule has 116 valence electrons. The van der Waals surface area contributed by atoms with E-state index in [1.807, 2.05) is 36.4 Å². The first kappa shape index (κ1) is 14.9. The van der Waals surface area contributed by atoms with E-state index in [9.17, 15) is 9.90 Å². The summed E-state index contributed by atoms with van der Waals surface area (Å²) in [6.07, 6.45) is 1.48. The Morgan fingerprint density at radius 1 is 1.13 bits per heavy atom. The summed E-state index contributed by atoms with van der Waals surface area (Å²) in [6.45, 7) is 0.0240. The van der Waals surface area contributed by atoms with Gasteiger partial charge in [-0.2, -0.15) is 5.10 Å². The van der Waals surface area contributed by atoms with Gasteiger partial charge in [-0.05, 0) is 24.3 Å². The maximum atomic E-state index is 12.5. The molecule has 0 atom stereocenters. The van der Waals surface area contributed by atoms with E-state index < -0.39 is 0 Å². The van der Waals surface area contributed by atoms with Crippen LogP contribution < -0.4 is 11.0 Å². The molecule has 0 aliphatic carbocycles. The minimum Gasteiger partial charge on any atom is -0.395 e. The van der Waals surface area contributed by atoms with Gasteiger partial charge in [0, 0.05) is 0 Å². The molecule has 2 aromatic carbocycles. The first-order chi connectivity index (χ1) is 11.3. The molecule has 0 aliphatic heterocycles. The fourth-order valence-corrected chi connectivity index (χ4v) is 2.28. The fraction of sp³-hybridized carbons (Fsp3) is 0.118. The minimum absolute atomic E-state index is 0.146. The van der Waals surface area contributed by atoms with Crippen molar-refractivity contribution in [2.75, 3.05) is 12.0 Å². The highest BCUT2D eigenvalue weighted by atomic mass is 16.3. The quantitative estimate of drug-likeness (QED) is 0.557. The lowest BCUT2D eigenvalue weighted by atomic mass is 10.2. The number of nitrogens with one attached hydrogen (secondary N) is 1. The number of hydrazone groups is 1. The van der Waals surface area contributed by atoms with E-state index in [1.54, 1.807) is 18.2 Å². The third-order valence-electron chi connectivity index (χ3n) is 3.36. The molecule has 0 amide bonds. The molecule has 3 rings (SSSR count). The van der Waals surface area contributed by atoms with E-state index in [2.05, 4.69) is 15.5 Å². The molecule has 0 radical (unpaired) electrons. The van der Waals surface area contributed by atoms with Crippen molar-refractivity contribution in [3.05, 3.63) is 70.8 Å². The third kappa shape index (κ3) is 3.27. The predicted molar refractivity (Wildman–Crippen MR) is 90.7 cm³/mol. The standard InChI is InChI=1S/C17H16N4O2/c22-11-10-21-16(12-18-20-13-6-2-1-3-7-13)19-15-9-5-4-8-14(15)17(21)23/h1-9,12,20,22H,10-11H2/b18-12-. The highest BCUT2D eigenvalue weighted by molar-refractivity contribution is 5.83. The van der Waals surface area contributed by atoms with Crippen molar-refractivity contribution >= 4 is 22.8 Å². The Bertz CT molecular complexity index is 888. The Balaban J connectivity index is 1.98. The maximum Gasteiger partial charge on any atom is 0.261 e. The van der Waals surface area contributed by atoms with Gasteiger partial charge in [-0.15, -0.1) is 0 Å². The monoisotopic (exact) mass is 308 g/mol. The highest BCUT2D eigenvalue weighted by Gasteiger charge is 2.08. The Hall–Kier alpha value is -2.99. The molecular formula is C17H16N4O2. The Morgan fingerprint density at radius 3 is 2.65 bits per heavy atom. The summed E-state index contributed by atoms with van der Waals surface area (Å²) in [5.74, 6) is 0.395. The number of para-hydroxylation sites is 2. The van der Waals surface area contributed by atoms with Crippen LogP contribution in [-0.2, 0) is 6.54 Å². The van der Waals surface area contributed by atoms with Gasteiger partial charge in [0.25, 0.3) is 5.56 Å². The second-order valence-electron chi connectivity index (χ2n) is 4.90. The van der Waals surface area contributed by atoms with Crippen molar-refractivity contribution in [2.24, 2.45) is 5.10 Å². The molecule has 0 saturated heterocycles. The Labute approximate surface area is 132 Å². The predicted octanol–water partition coefficient (Wildman–Crippen LogP) is 1.83. The number of hydrogen-bond donors (Lipinski definition) is 2. The van der Waals surface area contributed by atoms with Gasteiger partial charge < -0.3 is 5.11 Å². The van der Waals surface area contributed by atoms with Gasteiger partial charge in [0.2, 0.25) is 0 Å². The van der Waals surface area contributed by atoms with Crippen LogP contribution in [0.15, 0.2) is 64.5 Å². The number of aromatic nitrogens is 2. The van der Waals surface area contributed by atoms with Crippen molar-refractivity contribution in [2.45, 2.75) is 6.54 Å². The van der Waals surface area contributed by atoms with Crippen LogP contribution in [0.5, 0.6) is 0 Å². The zero-order valence-electron chi connectivity index (χ0n) is 12.4. The molecule has 0 aliphatic rings. The summed E-state index contributed by atoms with van der Waals surface area (Å²) >= 11 is 0.